The first-order valence-electron chi connectivity index (χ1n) is 13.6. The van der Waals surface area contributed by atoms with Crippen LogP contribution in [0, 0.1) is 6.92 Å². The summed E-state index contributed by atoms with van der Waals surface area (Å²) in [6.45, 7) is 1.49. The molecule has 1 aromatic carbocycles. The van der Waals surface area contributed by atoms with Crippen molar-refractivity contribution in [2.24, 2.45) is 5.73 Å². The molecule has 1 aliphatic heterocycles. The number of halogens is 1. The zero-order valence-corrected chi connectivity index (χ0v) is 23.7. The summed E-state index contributed by atoms with van der Waals surface area (Å²) in [4.78, 5) is 57.4. The quantitative estimate of drug-likeness (QED) is 0.356. The Morgan fingerprint density at radius 3 is 2.52 bits per heavy atom. The number of rotatable bonds is 8. The number of alkyl halides is 1. The normalized spacial score (nSPS) is 19.2. The van der Waals surface area contributed by atoms with E-state index in [1.165, 1.54) is 33.9 Å². The Labute approximate surface area is 241 Å². The van der Waals surface area contributed by atoms with E-state index in [-0.39, 0.29) is 48.9 Å². The van der Waals surface area contributed by atoms with E-state index in [0.29, 0.717) is 29.9 Å². The summed E-state index contributed by atoms with van der Waals surface area (Å²) < 4.78 is 42.3. The Morgan fingerprint density at radius 2 is 1.83 bits per heavy atom. The number of likely N-dealkylation sites (tertiary alicyclic amines) is 1. The molecule has 1 aliphatic carbocycles. The number of pyridine rings is 1. The molecule has 2 aromatic heterocycles. The van der Waals surface area contributed by atoms with Crippen LogP contribution in [-0.2, 0) is 26.2 Å². The lowest BCUT2D eigenvalue weighted by atomic mass is 10.1. The van der Waals surface area contributed by atoms with Crippen LogP contribution in [0.3, 0.4) is 0 Å². The smallest absolute Gasteiger partial charge is 0.264 e. The predicted octanol–water partition coefficient (Wildman–Crippen LogP) is 2.02. The summed E-state index contributed by atoms with van der Waals surface area (Å²) in [6.07, 6.45) is 1.47. The lowest BCUT2D eigenvalue weighted by Gasteiger charge is -2.29. The van der Waals surface area contributed by atoms with Gasteiger partial charge in [-0.15, -0.1) is 0 Å². The molecular weight excluding hydrogens is 567 g/mol. The van der Waals surface area contributed by atoms with Gasteiger partial charge in [0, 0.05) is 34.9 Å². The van der Waals surface area contributed by atoms with Crippen LogP contribution in [0.4, 0.5) is 10.2 Å². The number of nitrogens with zero attached hydrogens (tertiary/aromatic N) is 3. The van der Waals surface area contributed by atoms with Gasteiger partial charge in [0.15, 0.2) is 0 Å². The number of benzene rings is 1. The molecule has 0 radical (unpaired) electrons. The Balaban J connectivity index is 1.40. The van der Waals surface area contributed by atoms with Crippen molar-refractivity contribution in [1.29, 1.82) is 0 Å². The fraction of sp³-hybridized carbons (Fsp3) is 0.393. The van der Waals surface area contributed by atoms with Crippen LogP contribution in [0.1, 0.15) is 58.5 Å². The van der Waals surface area contributed by atoms with Crippen LogP contribution in [0.15, 0.2) is 42.6 Å². The number of aromatic nitrogens is 2. The highest BCUT2D eigenvalue weighted by molar-refractivity contribution is 7.91. The third-order valence-electron chi connectivity index (χ3n) is 7.49. The third-order valence-corrected chi connectivity index (χ3v) is 9.31. The van der Waals surface area contributed by atoms with Crippen molar-refractivity contribution in [3.05, 3.63) is 59.4 Å². The second-order valence-corrected chi connectivity index (χ2v) is 12.6. The average molecular weight is 599 g/mol. The topological polar surface area (TPSA) is 174 Å². The molecule has 3 aromatic rings. The summed E-state index contributed by atoms with van der Waals surface area (Å²) in [5.41, 5.74) is 6.69. The summed E-state index contributed by atoms with van der Waals surface area (Å²) >= 11 is 0. The van der Waals surface area contributed by atoms with Gasteiger partial charge in [0.05, 0.1) is 10.8 Å². The minimum Gasteiger partial charge on any atom is -0.366 e. The molecule has 1 unspecified atom stereocenters. The highest BCUT2D eigenvalue weighted by atomic mass is 32.2. The van der Waals surface area contributed by atoms with Crippen LogP contribution in [0.2, 0.25) is 0 Å². The van der Waals surface area contributed by atoms with Gasteiger partial charge in [0.2, 0.25) is 21.8 Å². The van der Waals surface area contributed by atoms with Gasteiger partial charge in [-0.25, -0.2) is 22.5 Å². The molecule has 0 bridgehead atoms. The average Bonchev–Trinajstić information content (AvgIpc) is 3.75. The number of primary amides is 1. The SMILES string of the molecule is Cc1cccc(NC(=O)[C@@H]2CCC(F)CCN2C(=O)Cn2cc(C(N)=O)c3cc(C(=O)NS(=O)(=O)C4CC4)ccc32)n1. The van der Waals surface area contributed by atoms with Crippen LogP contribution >= 0.6 is 0 Å². The Kier molecular flexibility index (Phi) is 7.99. The number of hydrogen-bond donors (Lipinski definition) is 3. The first-order chi connectivity index (χ1) is 19.9. The second-order valence-electron chi connectivity index (χ2n) is 10.7. The fourth-order valence-electron chi connectivity index (χ4n) is 5.12. The van der Waals surface area contributed by atoms with E-state index in [1.807, 2.05) is 0 Å². The van der Waals surface area contributed by atoms with Gasteiger partial charge in [-0.05, 0) is 69.4 Å². The van der Waals surface area contributed by atoms with Gasteiger partial charge < -0.3 is 20.5 Å². The molecule has 0 spiro atoms. The molecule has 2 aliphatic rings. The summed E-state index contributed by atoms with van der Waals surface area (Å²) in [5, 5.41) is 2.38. The third kappa shape index (κ3) is 6.27. The molecule has 4 amide bonds. The maximum absolute atomic E-state index is 14.4. The van der Waals surface area contributed by atoms with Crippen molar-refractivity contribution in [2.45, 2.75) is 63.0 Å². The van der Waals surface area contributed by atoms with Crippen LogP contribution < -0.4 is 15.8 Å². The lowest BCUT2D eigenvalue weighted by Crippen LogP contribution is -2.48. The van der Waals surface area contributed by atoms with Crippen LogP contribution in [0.5, 0.6) is 0 Å². The van der Waals surface area contributed by atoms with E-state index in [0.717, 1.165) is 0 Å². The number of nitrogens with two attached hydrogens (primary N) is 1. The highest BCUT2D eigenvalue weighted by Gasteiger charge is 2.37. The molecular formula is C28H31FN6O6S. The van der Waals surface area contributed by atoms with E-state index < -0.39 is 51.1 Å². The molecule has 42 heavy (non-hydrogen) atoms. The van der Waals surface area contributed by atoms with E-state index in [9.17, 15) is 32.0 Å². The van der Waals surface area contributed by atoms with Gasteiger partial charge in [-0.1, -0.05) is 6.07 Å². The van der Waals surface area contributed by atoms with Gasteiger partial charge in [-0.2, -0.15) is 0 Å². The Hall–Kier alpha value is -4.33. The van der Waals surface area contributed by atoms with Gasteiger partial charge in [0.25, 0.3) is 11.8 Å². The number of hydrogen-bond acceptors (Lipinski definition) is 7. The molecule has 222 valence electrons. The maximum Gasteiger partial charge on any atom is 0.264 e. The standard InChI is InChI=1S/C28H31FN6O6S/c1-16-3-2-4-24(31-16)32-28(39)23-10-6-18(29)11-12-35(23)25(36)15-34-14-21(26(30)37)20-13-17(5-9-22(20)34)27(38)33-42(40,41)19-7-8-19/h2-5,9,13-14,18-19,23H,6-8,10-12,15H2,1H3,(H2,30,37)(H,33,38)(H,31,32,39)/t18?,23-/m0/s1. The molecule has 5 rings (SSSR count). The highest BCUT2D eigenvalue weighted by Crippen LogP contribution is 2.28. The predicted molar refractivity (Wildman–Crippen MR) is 152 cm³/mol. The molecule has 4 N–H and O–H groups in total. The fourth-order valence-corrected chi connectivity index (χ4v) is 6.42. The minimum atomic E-state index is -3.79. The van der Waals surface area contributed by atoms with E-state index in [4.69, 9.17) is 5.73 Å². The number of aryl methyl sites for hydroxylation is 1. The monoisotopic (exact) mass is 598 g/mol. The molecule has 2 fully saturated rings. The van der Waals surface area contributed by atoms with Gasteiger partial charge >= 0.3 is 0 Å². The van der Waals surface area contributed by atoms with Crippen molar-refractivity contribution in [3.63, 3.8) is 0 Å². The van der Waals surface area contributed by atoms with Gasteiger partial charge in [0.1, 0.15) is 24.6 Å². The number of carbonyl (C=O) groups excluding carboxylic acids is 4. The van der Waals surface area contributed by atoms with Crippen molar-refractivity contribution in [3.8, 4) is 0 Å². The zero-order chi connectivity index (χ0) is 30.2. The van der Waals surface area contributed by atoms with E-state index >= 15 is 0 Å². The molecule has 3 heterocycles. The van der Waals surface area contributed by atoms with Crippen molar-refractivity contribution in [2.75, 3.05) is 11.9 Å². The Bertz CT molecular complexity index is 1680. The first-order valence-corrected chi connectivity index (χ1v) is 15.1. The number of amides is 4. The second kappa shape index (κ2) is 11.5. The minimum absolute atomic E-state index is 0.00120. The molecule has 12 nitrogen and oxygen atoms in total. The lowest BCUT2D eigenvalue weighted by molar-refractivity contribution is -0.139. The van der Waals surface area contributed by atoms with E-state index in [2.05, 4.69) is 15.0 Å². The largest absolute Gasteiger partial charge is 0.366 e. The number of sulfonamides is 1. The van der Waals surface area contributed by atoms with E-state index in [1.54, 1.807) is 25.1 Å². The summed E-state index contributed by atoms with van der Waals surface area (Å²) in [7, 11) is -3.79. The maximum atomic E-state index is 14.4. The molecule has 1 saturated heterocycles. The number of nitrogens with one attached hydrogen (secondary N) is 2. The van der Waals surface area contributed by atoms with Crippen molar-refractivity contribution >= 4 is 50.4 Å². The van der Waals surface area contributed by atoms with Crippen LogP contribution in [0.25, 0.3) is 10.9 Å². The summed E-state index contributed by atoms with van der Waals surface area (Å²) in [6, 6.07) is 8.41. The zero-order valence-electron chi connectivity index (χ0n) is 22.9. The number of fused-ring (bicyclic) bond motifs is 1. The first kappa shape index (κ1) is 29.2. The molecule has 2 atom stereocenters. The summed E-state index contributed by atoms with van der Waals surface area (Å²) in [5.74, 6) is -2.30. The van der Waals surface area contributed by atoms with Crippen molar-refractivity contribution in [1.82, 2.24) is 19.2 Å². The number of anilines is 1. The molecule has 1 saturated carbocycles. The molecule has 14 heteroatoms. The van der Waals surface area contributed by atoms with Crippen LogP contribution in [-0.4, -0.2) is 70.5 Å². The Morgan fingerprint density at radius 1 is 1.07 bits per heavy atom. The number of carbonyl (C=O) groups is 4. The van der Waals surface area contributed by atoms with Gasteiger partial charge in [-0.3, -0.25) is 19.2 Å². The van der Waals surface area contributed by atoms with Crippen molar-refractivity contribution < 1.29 is 32.0 Å².